The highest BCUT2D eigenvalue weighted by Crippen LogP contribution is 2.27. The molecule has 0 atom stereocenters. The third-order valence-corrected chi connectivity index (χ3v) is 4.33. The van der Waals surface area contributed by atoms with Gasteiger partial charge in [0.25, 0.3) is 0 Å². The molecule has 0 fully saturated rings. The molecular weight excluding hydrogens is 282 g/mol. The lowest BCUT2D eigenvalue weighted by Gasteiger charge is -2.02. The summed E-state index contributed by atoms with van der Waals surface area (Å²) in [5.74, 6) is 0. The van der Waals surface area contributed by atoms with E-state index in [4.69, 9.17) is 4.74 Å². The highest BCUT2D eigenvalue weighted by atomic mass is 32.1. The van der Waals surface area contributed by atoms with Gasteiger partial charge in [0, 0.05) is 25.6 Å². The van der Waals surface area contributed by atoms with Crippen molar-refractivity contribution in [2.75, 3.05) is 26.8 Å². The third-order valence-electron chi connectivity index (χ3n) is 3.32. The summed E-state index contributed by atoms with van der Waals surface area (Å²) in [6, 6.07) is 6.46. The Morgan fingerprint density at radius 3 is 2.86 bits per heavy atom. The number of benzene rings is 1. The Hall–Kier alpha value is -1.30. The van der Waals surface area contributed by atoms with Gasteiger partial charge < -0.3 is 10.1 Å². The van der Waals surface area contributed by atoms with Crippen LogP contribution in [-0.4, -0.2) is 37.0 Å². The minimum absolute atomic E-state index is 0.760. The summed E-state index contributed by atoms with van der Waals surface area (Å²) >= 11 is 1.70. The number of nitrogens with zero attached hydrogens (tertiary/aromatic N) is 2. The van der Waals surface area contributed by atoms with E-state index in [0.29, 0.717) is 0 Å². The maximum atomic E-state index is 5.00. The van der Waals surface area contributed by atoms with Gasteiger partial charge in [-0.2, -0.15) is 0 Å². The summed E-state index contributed by atoms with van der Waals surface area (Å²) in [4.78, 5) is 0. The zero-order chi connectivity index (χ0) is 15.1. The van der Waals surface area contributed by atoms with Crippen LogP contribution >= 0.6 is 11.3 Å². The molecule has 0 amide bonds. The van der Waals surface area contributed by atoms with Crippen LogP contribution < -0.4 is 5.32 Å². The molecule has 1 aromatic carbocycles. The molecule has 0 radical (unpaired) electrons. The molecule has 2 rings (SSSR count). The second-order valence-electron chi connectivity index (χ2n) is 5.17. The number of nitrogens with one attached hydrogen (secondary N) is 1. The number of aryl methyl sites for hydroxylation is 3. The zero-order valence-corrected chi connectivity index (χ0v) is 13.8. The lowest BCUT2D eigenvalue weighted by Crippen LogP contribution is -2.20. The van der Waals surface area contributed by atoms with E-state index in [1.54, 1.807) is 18.4 Å². The predicted octanol–water partition coefficient (Wildman–Crippen LogP) is 2.99. The van der Waals surface area contributed by atoms with Crippen LogP contribution in [0.15, 0.2) is 18.2 Å². The van der Waals surface area contributed by atoms with Crippen LogP contribution in [0.4, 0.5) is 0 Å². The molecule has 4 nitrogen and oxygen atoms in total. The van der Waals surface area contributed by atoms with E-state index in [0.717, 1.165) is 42.6 Å². The van der Waals surface area contributed by atoms with E-state index >= 15 is 0 Å². The molecule has 0 spiro atoms. The summed E-state index contributed by atoms with van der Waals surface area (Å²) in [5.41, 5.74) is 3.72. The molecule has 0 saturated heterocycles. The summed E-state index contributed by atoms with van der Waals surface area (Å²) in [7, 11) is 1.72. The largest absolute Gasteiger partial charge is 0.383 e. The van der Waals surface area contributed by atoms with E-state index in [2.05, 4.69) is 47.6 Å². The molecule has 0 saturated carbocycles. The molecule has 5 heteroatoms. The lowest BCUT2D eigenvalue weighted by atomic mass is 10.1. The van der Waals surface area contributed by atoms with Crippen LogP contribution in [0.2, 0.25) is 0 Å². The fourth-order valence-electron chi connectivity index (χ4n) is 2.09. The fourth-order valence-corrected chi connectivity index (χ4v) is 3.06. The van der Waals surface area contributed by atoms with Gasteiger partial charge in [0.05, 0.1) is 6.61 Å². The Morgan fingerprint density at radius 1 is 1.19 bits per heavy atom. The second-order valence-corrected chi connectivity index (χ2v) is 6.23. The molecule has 21 heavy (non-hydrogen) atoms. The zero-order valence-electron chi connectivity index (χ0n) is 13.0. The topological polar surface area (TPSA) is 47.0 Å². The fraction of sp³-hybridized carbons (Fsp3) is 0.500. The quantitative estimate of drug-likeness (QED) is 0.762. The summed E-state index contributed by atoms with van der Waals surface area (Å²) < 4.78 is 5.00. The van der Waals surface area contributed by atoms with Crippen molar-refractivity contribution in [3.63, 3.8) is 0 Å². The first-order valence-corrected chi connectivity index (χ1v) is 8.12. The van der Waals surface area contributed by atoms with Crippen molar-refractivity contribution in [2.24, 2.45) is 0 Å². The minimum atomic E-state index is 0.760. The SMILES string of the molecule is COCCNCCCc1nnc(-c2cc(C)ccc2C)s1. The monoisotopic (exact) mass is 305 g/mol. The maximum Gasteiger partial charge on any atom is 0.148 e. The van der Waals surface area contributed by atoms with Crippen LogP contribution in [-0.2, 0) is 11.2 Å². The maximum absolute atomic E-state index is 5.00. The van der Waals surface area contributed by atoms with Gasteiger partial charge in [-0.15, -0.1) is 10.2 Å². The van der Waals surface area contributed by atoms with Gasteiger partial charge in [-0.25, -0.2) is 0 Å². The molecule has 0 unspecified atom stereocenters. The van der Waals surface area contributed by atoms with E-state index in [1.165, 1.54) is 16.7 Å². The Balaban J connectivity index is 1.88. The number of hydrogen-bond acceptors (Lipinski definition) is 5. The van der Waals surface area contributed by atoms with Crippen molar-refractivity contribution >= 4 is 11.3 Å². The Kier molecular flexibility index (Phi) is 6.29. The van der Waals surface area contributed by atoms with Crippen molar-refractivity contribution in [3.05, 3.63) is 34.3 Å². The van der Waals surface area contributed by atoms with Crippen molar-refractivity contribution in [1.29, 1.82) is 0 Å². The van der Waals surface area contributed by atoms with E-state index in [9.17, 15) is 0 Å². The molecule has 1 heterocycles. The number of hydrogen-bond donors (Lipinski definition) is 1. The van der Waals surface area contributed by atoms with Crippen molar-refractivity contribution in [2.45, 2.75) is 26.7 Å². The molecule has 114 valence electrons. The average Bonchev–Trinajstić information content (AvgIpc) is 2.94. The lowest BCUT2D eigenvalue weighted by molar-refractivity contribution is 0.199. The molecule has 0 aliphatic carbocycles. The van der Waals surface area contributed by atoms with Gasteiger partial charge in [0.2, 0.25) is 0 Å². The number of ether oxygens (including phenoxy) is 1. The second kappa shape index (κ2) is 8.22. The van der Waals surface area contributed by atoms with E-state index in [-0.39, 0.29) is 0 Å². The predicted molar refractivity (Wildman–Crippen MR) is 87.9 cm³/mol. The third kappa shape index (κ3) is 4.88. The highest BCUT2D eigenvalue weighted by Gasteiger charge is 2.09. The van der Waals surface area contributed by atoms with Gasteiger partial charge in [-0.1, -0.05) is 29.0 Å². The standard InChI is InChI=1S/C16H23N3OS/c1-12-6-7-13(2)14(11-12)16-19-18-15(21-16)5-4-8-17-9-10-20-3/h6-7,11,17H,4-5,8-10H2,1-3H3. The molecule has 0 aliphatic rings. The van der Waals surface area contributed by atoms with Crippen LogP contribution in [0.1, 0.15) is 22.6 Å². The molecular formula is C16H23N3OS. The van der Waals surface area contributed by atoms with Gasteiger partial charge in [-0.05, 0) is 38.4 Å². The molecule has 1 N–H and O–H groups in total. The summed E-state index contributed by atoms with van der Waals surface area (Å²) in [6.07, 6.45) is 2.05. The highest BCUT2D eigenvalue weighted by molar-refractivity contribution is 7.14. The van der Waals surface area contributed by atoms with Crippen molar-refractivity contribution in [3.8, 4) is 10.6 Å². The summed E-state index contributed by atoms with van der Waals surface area (Å²) in [5, 5.41) is 14.1. The van der Waals surface area contributed by atoms with Crippen LogP contribution in [0.25, 0.3) is 10.6 Å². The van der Waals surface area contributed by atoms with Gasteiger partial charge in [0.15, 0.2) is 0 Å². The Morgan fingerprint density at radius 2 is 2.05 bits per heavy atom. The van der Waals surface area contributed by atoms with Crippen LogP contribution in [0.3, 0.4) is 0 Å². The van der Waals surface area contributed by atoms with Crippen LogP contribution in [0, 0.1) is 13.8 Å². The Bertz CT molecular complexity index is 568. The van der Waals surface area contributed by atoms with Crippen LogP contribution in [0.5, 0.6) is 0 Å². The average molecular weight is 305 g/mol. The van der Waals surface area contributed by atoms with Gasteiger partial charge in [0.1, 0.15) is 10.0 Å². The Labute approximate surface area is 130 Å². The van der Waals surface area contributed by atoms with Gasteiger partial charge >= 0.3 is 0 Å². The van der Waals surface area contributed by atoms with E-state index in [1.807, 2.05) is 0 Å². The van der Waals surface area contributed by atoms with E-state index < -0.39 is 0 Å². The molecule has 0 aliphatic heterocycles. The van der Waals surface area contributed by atoms with Crippen molar-refractivity contribution in [1.82, 2.24) is 15.5 Å². The molecule has 0 bridgehead atoms. The molecule has 2 aromatic rings. The first-order valence-electron chi connectivity index (χ1n) is 7.30. The number of methoxy groups -OCH3 is 1. The first kappa shape index (κ1) is 16.1. The van der Waals surface area contributed by atoms with Gasteiger partial charge in [-0.3, -0.25) is 0 Å². The smallest absolute Gasteiger partial charge is 0.148 e. The minimum Gasteiger partial charge on any atom is -0.383 e. The summed E-state index contributed by atoms with van der Waals surface area (Å²) in [6.45, 7) is 6.88. The normalized spacial score (nSPS) is 11.0. The molecule has 1 aromatic heterocycles. The number of aromatic nitrogens is 2. The first-order chi connectivity index (χ1) is 10.2. The number of rotatable bonds is 8. The van der Waals surface area contributed by atoms with Crippen molar-refractivity contribution < 1.29 is 4.74 Å².